The fourth-order valence-electron chi connectivity index (χ4n) is 2.70. The van der Waals surface area contributed by atoms with Crippen LogP contribution in [-0.2, 0) is 9.59 Å². The molecule has 3 rings (SSSR count). The van der Waals surface area contributed by atoms with Crippen molar-refractivity contribution < 1.29 is 14.5 Å². The zero-order valence-electron chi connectivity index (χ0n) is 13.1. The molecule has 1 unspecified atom stereocenters. The average Bonchev–Trinajstić information content (AvgIpc) is 2.56. The van der Waals surface area contributed by atoms with Crippen LogP contribution in [0.4, 0.5) is 11.4 Å². The third-order valence-electron chi connectivity index (χ3n) is 4.00. The molecule has 2 amide bonds. The van der Waals surface area contributed by atoms with Crippen molar-refractivity contribution in [3.63, 3.8) is 0 Å². The van der Waals surface area contributed by atoms with E-state index in [2.05, 4.69) is 10.3 Å². The molecule has 0 bridgehead atoms. The molecule has 2 aliphatic rings. The maximum atomic E-state index is 12.9. The Kier molecular flexibility index (Phi) is 4.13. The summed E-state index contributed by atoms with van der Waals surface area (Å²) in [5, 5.41) is 13.9. The molecule has 1 N–H and O–H groups in total. The minimum atomic E-state index is -1.26. The lowest BCUT2D eigenvalue weighted by Crippen LogP contribution is -2.58. The van der Waals surface area contributed by atoms with Gasteiger partial charge in [-0.05, 0) is 31.2 Å². The van der Waals surface area contributed by atoms with Crippen molar-refractivity contribution in [2.45, 2.75) is 18.9 Å². The minimum absolute atomic E-state index is 0.00803. The number of halogens is 1. The van der Waals surface area contributed by atoms with E-state index in [0.717, 1.165) is 6.07 Å². The molecule has 2 heterocycles. The van der Waals surface area contributed by atoms with E-state index in [-0.39, 0.29) is 22.8 Å². The molecule has 25 heavy (non-hydrogen) atoms. The lowest BCUT2D eigenvalue weighted by molar-refractivity contribution is -0.383. The van der Waals surface area contributed by atoms with Crippen LogP contribution in [0, 0.1) is 10.1 Å². The van der Waals surface area contributed by atoms with E-state index in [0.29, 0.717) is 5.84 Å². The van der Waals surface area contributed by atoms with Crippen LogP contribution in [0.3, 0.4) is 0 Å². The average molecular weight is 361 g/mol. The molecule has 0 radical (unpaired) electrons. The van der Waals surface area contributed by atoms with Gasteiger partial charge in [0.1, 0.15) is 17.1 Å². The third-order valence-corrected chi connectivity index (χ3v) is 4.23. The molecular weight excluding hydrogens is 348 g/mol. The number of nitro groups is 1. The summed E-state index contributed by atoms with van der Waals surface area (Å²) in [6.07, 6.45) is 6.53. The van der Waals surface area contributed by atoms with Crippen molar-refractivity contribution in [3.8, 4) is 0 Å². The van der Waals surface area contributed by atoms with Crippen LogP contribution in [-0.4, -0.2) is 33.0 Å². The van der Waals surface area contributed by atoms with E-state index in [1.54, 1.807) is 36.3 Å². The molecule has 1 aromatic carbocycles. The first kappa shape index (κ1) is 16.8. The van der Waals surface area contributed by atoms with Gasteiger partial charge in [0.25, 0.3) is 17.5 Å². The second kappa shape index (κ2) is 6.14. The van der Waals surface area contributed by atoms with Gasteiger partial charge in [-0.15, -0.1) is 0 Å². The van der Waals surface area contributed by atoms with Gasteiger partial charge in [-0.1, -0.05) is 17.7 Å². The number of aliphatic imine (C=N–C) groups is 1. The molecule has 1 aromatic rings. The maximum Gasteiger partial charge on any atom is 0.294 e. The summed E-state index contributed by atoms with van der Waals surface area (Å²) in [5.74, 6) is -0.643. The third kappa shape index (κ3) is 3.03. The van der Waals surface area contributed by atoms with Gasteiger partial charge in [0, 0.05) is 17.3 Å². The van der Waals surface area contributed by atoms with Crippen molar-refractivity contribution in [1.82, 2.24) is 4.90 Å². The van der Waals surface area contributed by atoms with Gasteiger partial charge in [-0.25, -0.2) is 0 Å². The van der Waals surface area contributed by atoms with Gasteiger partial charge in [-0.2, -0.15) is 4.99 Å². The number of hydrogen-bond donors (Lipinski definition) is 1. The van der Waals surface area contributed by atoms with Crippen LogP contribution < -0.4 is 5.32 Å². The molecule has 1 atom stereocenters. The quantitative estimate of drug-likeness (QED) is 0.659. The molecule has 0 saturated heterocycles. The first-order valence-corrected chi connectivity index (χ1v) is 7.70. The number of nitro benzene ring substituents is 1. The monoisotopic (exact) mass is 360 g/mol. The lowest BCUT2D eigenvalue weighted by Gasteiger charge is -2.41. The Morgan fingerprint density at radius 2 is 2.20 bits per heavy atom. The SMILES string of the molecule is CC1(C(=O)Nc2ccc(Cl)cc2[N+](=O)[O-])CC(=O)N=C2C=CC=CN21. The maximum absolute atomic E-state index is 12.9. The van der Waals surface area contributed by atoms with Crippen LogP contribution in [0.25, 0.3) is 0 Å². The van der Waals surface area contributed by atoms with E-state index < -0.39 is 22.3 Å². The van der Waals surface area contributed by atoms with E-state index in [4.69, 9.17) is 11.6 Å². The Labute approximate surface area is 147 Å². The smallest absolute Gasteiger partial charge is 0.294 e. The topological polar surface area (TPSA) is 105 Å². The summed E-state index contributed by atoms with van der Waals surface area (Å²) in [7, 11) is 0. The Hall–Kier alpha value is -3.00. The summed E-state index contributed by atoms with van der Waals surface area (Å²) in [6.45, 7) is 1.58. The van der Waals surface area contributed by atoms with Gasteiger partial charge in [0.05, 0.1) is 11.3 Å². The molecule has 9 heteroatoms. The first-order valence-electron chi connectivity index (χ1n) is 7.32. The fraction of sp³-hybridized carbons (Fsp3) is 0.188. The summed E-state index contributed by atoms with van der Waals surface area (Å²) in [4.78, 5) is 40.8. The van der Waals surface area contributed by atoms with E-state index in [1.165, 1.54) is 12.1 Å². The predicted molar refractivity (Wildman–Crippen MR) is 92.3 cm³/mol. The van der Waals surface area contributed by atoms with Crippen LogP contribution in [0.1, 0.15) is 13.3 Å². The molecular formula is C16H13ClN4O4. The van der Waals surface area contributed by atoms with Crippen molar-refractivity contribution in [1.29, 1.82) is 0 Å². The number of anilines is 1. The number of nitrogens with one attached hydrogen (secondary N) is 1. The number of carbonyl (C=O) groups is 2. The summed E-state index contributed by atoms with van der Waals surface area (Å²) in [5.41, 5.74) is -1.58. The number of allylic oxidation sites excluding steroid dienone is 2. The number of amides is 2. The summed E-state index contributed by atoms with van der Waals surface area (Å²) in [6, 6.07) is 3.95. The summed E-state index contributed by atoms with van der Waals surface area (Å²) >= 11 is 5.78. The normalized spacial score (nSPS) is 21.6. The van der Waals surface area contributed by atoms with Crippen molar-refractivity contribution in [2.24, 2.45) is 4.99 Å². The molecule has 0 aromatic heterocycles. The highest BCUT2D eigenvalue weighted by atomic mass is 35.5. The molecule has 0 saturated carbocycles. The Bertz CT molecular complexity index is 877. The zero-order valence-corrected chi connectivity index (χ0v) is 13.9. The van der Waals surface area contributed by atoms with Crippen LogP contribution in [0.5, 0.6) is 0 Å². The molecule has 0 spiro atoms. The zero-order chi connectivity index (χ0) is 18.2. The van der Waals surface area contributed by atoms with Crippen molar-refractivity contribution >= 4 is 40.6 Å². The molecule has 8 nitrogen and oxygen atoms in total. The van der Waals surface area contributed by atoms with Crippen LogP contribution >= 0.6 is 11.6 Å². The molecule has 0 aliphatic carbocycles. The molecule has 0 fully saturated rings. The van der Waals surface area contributed by atoms with Gasteiger partial charge in [-0.3, -0.25) is 19.7 Å². The van der Waals surface area contributed by atoms with Crippen molar-refractivity contribution in [2.75, 3.05) is 5.32 Å². The standard InChI is InChI=1S/C16H13ClN4O4/c1-16(9-14(22)19-13-4-2-3-7-20(13)16)15(23)18-11-6-5-10(17)8-12(11)21(24)25/h2-8H,9H2,1H3,(H,18,23). The van der Waals surface area contributed by atoms with Crippen LogP contribution in [0.2, 0.25) is 5.02 Å². The highest BCUT2D eigenvalue weighted by Crippen LogP contribution is 2.32. The van der Waals surface area contributed by atoms with Gasteiger partial charge in [0.15, 0.2) is 0 Å². The number of nitrogens with zero attached hydrogens (tertiary/aromatic N) is 3. The Balaban J connectivity index is 1.95. The summed E-state index contributed by atoms with van der Waals surface area (Å²) < 4.78 is 0. The Morgan fingerprint density at radius 1 is 1.44 bits per heavy atom. The number of carbonyl (C=O) groups excluding carboxylic acids is 2. The number of benzene rings is 1. The number of amidine groups is 1. The second-order valence-electron chi connectivity index (χ2n) is 5.76. The van der Waals surface area contributed by atoms with Gasteiger partial charge >= 0.3 is 0 Å². The van der Waals surface area contributed by atoms with E-state index >= 15 is 0 Å². The Morgan fingerprint density at radius 3 is 2.92 bits per heavy atom. The fourth-order valence-corrected chi connectivity index (χ4v) is 2.86. The number of rotatable bonds is 3. The lowest BCUT2D eigenvalue weighted by atomic mass is 9.91. The second-order valence-corrected chi connectivity index (χ2v) is 6.19. The largest absolute Gasteiger partial charge is 0.318 e. The van der Waals surface area contributed by atoms with E-state index in [9.17, 15) is 19.7 Å². The minimum Gasteiger partial charge on any atom is -0.318 e. The number of fused-ring (bicyclic) bond motifs is 1. The van der Waals surface area contributed by atoms with Crippen LogP contribution in [0.15, 0.2) is 47.6 Å². The molecule has 2 aliphatic heterocycles. The predicted octanol–water partition coefficient (Wildman–Crippen LogP) is 2.66. The first-order chi connectivity index (χ1) is 11.8. The molecule has 128 valence electrons. The highest BCUT2D eigenvalue weighted by Gasteiger charge is 2.45. The van der Waals surface area contributed by atoms with E-state index in [1.807, 2.05) is 0 Å². The van der Waals surface area contributed by atoms with Crippen molar-refractivity contribution in [3.05, 3.63) is 57.8 Å². The van der Waals surface area contributed by atoms with Gasteiger partial charge < -0.3 is 10.2 Å². The number of hydrogen-bond acceptors (Lipinski definition) is 5. The highest BCUT2D eigenvalue weighted by molar-refractivity contribution is 6.31. The van der Waals surface area contributed by atoms with Gasteiger partial charge in [0.2, 0.25) is 0 Å².